The summed E-state index contributed by atoms with van der Waals surface area (Å²) in [5.41, 5.74) is 7.32. The van der Waals surface area contributed by atoms with Gasteiger partial charge < -0.3 is 15.8 Å². The second-order valence-electron chi connectivity index (χ2n) is 3.47. The van der Waals surface area contributed by atoms with Gasteiger partial charge in [0.15, 0.2) is 5.82 Å². The molecule has 0 aliphatic rings. The van der Waals surface area contributed by atoms with Crippen LogP contribution >= 0.6 is 0 Å². The van der Waals surface area contributed by atoms with Gasteiger partial charge >= 0.3 is 0 Å². The summed E-state index contributed by atoms with van der Waals surface area (Å²) in [6, 6.07) is 9.23. The van der Waals surface area contributed by atoms with Crippen molar-refractivity contribution in [1.82, 2.24) is 9.97 Å². The first kappa shape index (κ1) is 11.2. The lowest BCUT2D eigenvalue weighted by Crippen LogP contribution is -2.06. The van der Waals surface area contributed by atoms with Gasteiger partial charge in [0.25, 0.3) is 0 Å². The van der Waals surface area contributed by atoms with Crippen molar-refractivity contribution >= 4 is 11.5 Å². The largest absolute Gasteiger partial charge is 0.481 e. The van der Waals surface area contributed by atoms with Crippen molar-refractivity contribution in [1.29, 1.82) is 0 Å². The van der Waals surface area contributed by atoms with Crippen LogP contribution in [-0.4, -0.2) is 17.1 Å². The Labute approximate surface area is 99.7 Å². The highest BCUT2D eigenvalue weighted by molar-refractivity contribution is 5.61. The number of hydrogen-bond donors (Lipinski definition) is 2. The number of methoxy groups -OCH3 is 1. The highest BCUT2D eigenvalue weighted by atomic mass is 16.5. The van der Waals surface area contributed by atoms with Crippen molar-refractivity contribution in [2.75, 3.05) is 18.2 Å². The van der Waals surface area contributed by atoms with E-state index < -0.39 is 0 Å². The molecule has 3 N–H and O–H groups in total. The Balaban J connectivity index is 2.08. The molecule has 0 aliphatic carbocycles. The lowest BCUT2D eigenvalue weighted by Gasteiger charge is -2.09. The fraction of sp³-hybridized carbons (Fsp3) is 0.167. The minimum atomic E-state index is 0.530. The number of nitrogens with zero attached hydrogens (tertiary/aromatic N) is 2. The SMILES string of the molecule is COc1ccc(N)c(NCc2ccccn2)n1. The summed E-state index contributed by atoms with van der Waals surface area (Å²) >= 11 is 0. The van der Waals surface area contributed by atoms with Crippen LogP contribution in [-0.2, 0) is 6.54 Å². The van der Waals surface area contributed by atoms with Crippen LogP contribution in [0.1, 0.15) is 5.69 Å². The molecule has 0 aliphatic heterocycles. The van der Waals surface area contributed by atoms with E-state index >= 15 is 0 Å². The number of aromatic nitrogens is 2. The Bertz CT molecular complexity index is 487. The van der Waals surface area contributed by atoms with Crippen LogP contribution in [0.2, 0.25) is 0 Å². The zero-order valence-corrected chi connectivity index (χ0v) is 9.55. The summed E-state index contributed by atoms with van der Waals surface area (Å²) in [5.74, 6) is 1.14. The minimum Gasteiger partial charge on any atom is -0.481 e. The standard InChI is InChI=1S/C12H14N4O/c1-17-11-6-5-10(13)12(16-11)15-8-9-4-2-3-7-14-9/h2-7H,8,13H2,1H3,(H,15,16). The lowest BCUT2D eigenvalue weighted by atomic mass is 10.3. The first-order valence-electron chi connectivity index (χ1n) is 5.24. The molecule has 0 bridgehead atoms. The molecule has 5 nitrogen and oxygen atoms in total. The molecule has 0 saturated heterocycles. The summed E-state index contributed by atoms with van der Waals surface area (Å²) < 4.78 is 5.04. The van der Waals surface area contributed by atoms with E-state index in [4.69, 9.17) is 10.5 Å². The van der Waals surface area contributed by atoms with Gasteiger partial charge in [0.1, 0.15) is 0 Å². The number of pyridine rings is 2. The van der Waals surface area contributed by atoms with Gasteiger partial charge in [0, 0.05) is 12.3 Å². The molecule has 0 fully saturated rings. The molecule has 17 heavy (non-hydrogen) atoms. The van der Waals surface area contributed by atoms with Crippen molar-refractivity contribution < 1.29 is 4.74 Å². The van der Waals surface area contributed by atoms with Crippen LogP contribution in [0.4, 0.5) is 11.5 Å². The van der Waals surface area contributed by atoms with Gasteiger partial charge in [0.05, 0.1) is 25.0 Å². The van der Waals surface area contributed by atoms with Crippen LogP contribution in [0.3, 0.4) is 0 Å². The minimum absolute atomic E-state index is 0.530. The van der Waals surface area contributed by atoms with E-state index in [-0.39, 0.29) is 0 Å². The molecule has 2 rings (SSSR count). The molecule has 0 saturated carbocycles. The van der Waals surface area contributed by atoms with Crippen molar-refractivity contribution in [3.05, 3.63) is 42.2 Å². The number of anilines is 2. The second kappa shape index (κ2) is 5.16. The summed E-state index contributed by atoms with van der Waals surface area (Å²) in [6.45, 7) is 0.575. The van der Waals surface area contributed by atoms with Crippen LogP contribution in [0.5, 0.6) is 5.88 Å². The molecule has 2 aromatic heterocycles. The molecule has 0 unspecified atom stereocenters. The van der Waals surface area contributed by atoms with E-state index in [0.717, 1.165) is 5.69 Å². The van der Waals surface area contributed by atoms with E-state index in [9.17, 15) is 0 Å². The molecular formula is C12H14N4O. The van der Waals surface area contributed by atoms with Gasteiger partial charge in [-0.25, -0.2) is 0 Å². The number of hydrogen-bond acceptors (Lipinski definition) is 5. The predicted octanol–water partition coefficient (Wildman–Crippen LogP) is 1.68. The summed E-state index contributed by atoms with van der Waals surface area (Å²) in [4.78, 5) is 8.42. The topological polar surface area (TPSA) is 73.1 Å². The Morgan fingerprint density at radius 3 is 2.88 bits per heavy atom. The number of nitrogens with two attached hydrogens (primary N) is 1. The van der Waals surface area contributed by atoms with Gasteiger partial charge in [-0.05, 0) is 18.2 Å². The molecule has 0 radical (unpaired) electrons. The highest BCUT2D eigenvalue weighted by Crippen LogP contribution is 2.19. The third-order valence-electron chi connectivity index (χ3n) is 2.27. The van der Waals surface area contributed by atoms with Crippen LogP contribution < -0.4 is 15.8 Å². The summed E-state index contributed by atoms with van der Waals surface area (Å²) in [6.07, 6.45) is 1.75. The number of nitrogen functional groups attached to an aromatic ring is 1. The Morgan fingerprint density at radius 1 is 1.29 bits per heavy atom. The number of nitrogens with one attached hydrogen (secondary N) is 1. The molecule has 88 valence electrons. The number of ether oxygens (including phenoxy) is 1. The van der Waals surface area contributed by atoms with Gasteiger partial charge in [-0.15, -0.1) is 0 Å². The molecule has 5 heteroatoms. The van der Waals surface area contributed by atoms with Crippen molar-refractivity contribution in [3.63, 3.8) is 0 Å². The van der Waals surface area contributed by atoms with E-state index in [0.29, 0.717) is 23.9 Å². The summed E-state index contributed by atoms with van der Waals surface area (Å²) in [7, 11) is 1.57. The highest BCUT2D eigenvalue weighted by Gasteiger charge is 2.03. The third-order valence-corrected chi connectivity index (χ3v) is 2.27. The first-order valence-corrected chi connectivity index (χ1v) is 5.24. The maximum atomic E-state index is 5.81. The Morgan fingerprint density at radius 2 is 2.18 bits per heavy atom. The molecular weight excluding hydrogens is 216 g/mol. The predicted molar refractivity (Wildman–Crippen MR) is 66.8 cm³/mol. The average Bonchev–Trinajstić information content (AvgIpc) is 2.39. The molecule has 0 spiro atoms. The Hall–Kier alpha value is -2.30. The van der Waals surface area contributed by atoms with Crippen molar-refractivity contribution in [3.8, 4) is 5.88 Å². The molecule has 2 aromatic rings. The maximum absolute atomic E-state index is 5.81. The zero-order chi connectivity index (χ0) is 12.1. The average molecular weight is 230 g/mol. The van der Waals surface area contributed by atoms with Crippen LogP contribution in [0.25, 0.3) is 0 Å². The van der Waals surface area contributed by atoms with Gasteiger partial charge in [-0.1, -0.05) is 6.07 Å². The van der Waals surface area contributed by atoms with Gasteiger partial charge in [0.2, 0.25) is 5.88 Å². The van der Waals surface area contributed by atoms with Gasteiger partial charge in [-0.2, -0.15) is 4.98 Å². The van der Waals surface area contributed by atoms with E-state index in [1.165, 1.54) is 0 Å². The van der Waals surface area contributed by atoms with Crippen LogP contribution in [0, 0.1) is 0 Å². The quantitative estimate of drug-likeness (QED) is 0.836. The van der Waals surface area contributed by atoms with E-state index in [2.05, 4.69) is 15.3 Å². The third kappa shape index (κ3) is 2.84. The van der Waals surface area contributed by atoms with E-state index in [1.807, 2.05) is 18.2 Å². The summed E-state index contributed by atoms with van der Waals surface area (Å²) in [5, 5.41) is 3.13. The number of rotatable bonds is 4. The molecule has 2 heterocycles. The molecule has 0 atom stereocenters. The second-order valence-corrected chi connectivity index (χ2v) is 3.47. The maximum Gasteiger partial charge on any atom is 0.215 e. The fourth-order valence-electron chi connectivity index (χ4n) is 1.38. The smallest absolute Gasteiger partial charge is 0.215 e. The Kier molecular flexibility index (Phi) is 3.40. The monoisotopic (exact) mass is 230 g/mol. The van der Waals surface area contributed by atoms with Crippen molar-refractivity contribution in [2.45, 2.75) is 6.54 Å². The molecule has 0 aromatic carbocycles. The van der Waals surface area contributed by atoms with Gasteiger partial charge in [-0.3, -0.25) is 4.98 Å². The fourth-order valence-corrected chi connectivity index (χ4v) is 1.38. The van der Waals surface area contributed by atoms with Crippen LogP contribution in [0.15, 0.2) is 36.5 Å². The molecule has 0 amide bonds. The normalized spacial score (nSPS) is 9.94. The lowest BCUT2D eigenvalue weighted by molar-refractivity contribution is 0.398. The first-order chi connectivity index (χ1) is 8.29. The van der Waals surface area contributed by atoms with Crippen molar-refractivity contribution in [2.24, 2.45) is 0 Å². The van der Waals surface area contributed by atoms with E-state index in [1.54, 1.807) is 25.4 Å². The zero-order valence-electron chi connectivity index (χ0n) is 9.55.